The second kappa shape index (κ2) is 10.8. The van der Waals surface area contributed by atoms with Crippen LogP contribution in [0, 0.1) is 0 Å². The van der Waals surface area contributed by atoms with Gasteiger partial charge in [-0.1, -0.05) is 6.07 Å². The Hall–Kier alpha value is -4.20. The molecule has 1 aliphatic heterocycles. The second-order valence-corrected chi connectivity index (χ2v) is 8.07. The fraction of sp³-hybridized carbons (Fsp3) is 0.259. The fourth-order valence-electron chi connectivity index (χ4n) is 3.76. The zero-order valence-corrected chi connectivity index (χ0v) is 19.9. The van der Waals surface area contributed by atoms with Gasteiger partial charge < -0.3 is 29.6 Å². The molecule has 2 amide bonds. The van der Waals surface area contributed by atoms with Crippen molar-refractivity contribution in [1.29, 1.82) is 0 Å². The molecule has 3 aromatic rings. The molecule has 8 heteroatoms. The monoisotopic (exact) mass is 476 g/mol. The molecule has 0 saturated heterocycles. The van der Waals surface area contributed by atoms with Crippen molar-refractivity contribution in [1.82, 2.24) is 0 Å². The lowest BCUT2D eigenvalue weighted by atomic mass is 10.1. The van der Waals surface area contributed by atoms with Crippen LogP contribution in [-0.2, 0) is 11.2 Å². The van der Waals surface area contributed by atoms with E-state index in [9.17, 15) is 9.59 Å². The van der Waals surface area contributed by atoms with Gasteiger partial charge in [-0.2, -0.15) is 0 Å². The molecular weight excluding hydrogens is 448 g/mol. The Morgan fingerprint density at radius 1 is 1.00 bits per heavy atom. The van der Waals surface area contributed by atoms with E-state index in [1.165, 1.54) is 0 Å². The molecule has 182 valence electrons. The van der Waals surface area contributed by atoms with Gasteiger partial charge in [0.25, 0.3) is 11.8 Å². The molecule has 3 aromatic carbocycles. The first-order chi connectivity index (χ1) is 16.9. The number of amides is 2. The van der Waals surface area contributed by atoms with Crippen LogP contribution in [0.2, 0.25) is 0 Å². The van der Waals surface area contributed by atoms with Gasteiger partial charge in [-0.05, 0) is 56.3 Å². The highest BCUT2D eigenvalue weighted by Gasteiger charge is 2.23. The van der Waals surface area contributed by atoms with Gasteiger partial charge in [-0.25, -0.2) is 0 Å². The Morgan fingerprint density at radius 3 is 2.54 bits per heavy atom. The number of methoxy groups -OCH3 is 1. The lowest BCUT2D eigenvalue weighted by molar-refractivity contribution is -0.118. The molecular formula is C27H28N2O6. The van der Waals surface area contributed by atoms with Crippen LogP contribution < -0.4 is 29.6 Å². The summed E-state index contributed by atoms with van der Waals surface area (Å²) >= 11 is 0. The molecule has 0 saturated carbocycles. The number of carbonyl (C=O) groups excluding carboxylic acids is 2. The van der Waals surface area contributed by atoms with Crippen molar-refractivity contribution in [3.05, 3.63) is 71.8 Å². The van der Waals surface area contributed by atoms with Crippen molar-refractivity contribution >= 4 is 23.2 Å². The smallest absolute Gasteiger partial charge is 0.262 e. The number of carbonyl (C=O) groups is 2. The lowest BCUT2D eigenvalue weighted by Crippen LogP contribution is -2.20. The van der Waals surface area contributed by atoms with Gasteiger partial charge in [0.2, 0.25) is 0 Å². The quantitative estimate of drug-likeness (QED) is 0.465. The average molecular weight is 477 g/mol. The Morgan fingerprint density at radius 2 is 1.80 bits per heavy atom. The summed E-state index contributed by atoms with van der Waals surface area (Å²) in [6.07, 6.45) is 0.901. The van der Waals surface area contributed by atoms with E-state index >= 15 is 0 Å². The van der Waals surface area contributed by atoms with E-state index in [1.807, 2.05) is 19.9 Å². The standard InChI is InChI=1S/C27H28N2O6/c1-4-33-25-13-19-12-17(2)35-24(19)15-23(25)29-27(31)18-8-10-21(11-9-18)34-16-26(30)28-20-6-5-7-22(14-20)32-3/h5-11,13-15,17H,4,12,16H2,1-3H3,(H,28,30)(H,29,31)/t17-/m1/s1. The first-order valence-corrected chi connectivity index (χ1v) is 11.4. The molecule has 4 rings (SSSR count). The van der Waals surface area contributed by atoms with Gasteiger partial charge in [0.15, 0.2) is 6.61 Å². The molecule has 35 heavy (non-hydrogen) atoms. The van der Waals surface area contributed by atoms with Gasteiger partial charge in [0.05, 0.1) is 19.4 Å². The third kappa shape index (κ3) is 6.03. The molecule has 0 unspecified atom stereocenters. The Labute approximate surface area is 204 Å². The summed E-state index contributed by atoms with van der Waals surface area (Å²) in [4.78, 5) is 25.0. The number of nitrogens with one attached hydrogen (secondary N) is 2. The van der Waals surface area contributed by atoms with Crippen LogP contribution in [0.25, 0.3) is 0 Å². The van der Waals surface area contributed by atoms with Crippen LogP contribution in [0.15, 0.2) is 60.7 Å². The number of benzene rings is 3. The molecule has 0 fully saturated rings. The fourth-order valence-corrected chi connectivity index (χ4v) is 3.76. The van der Waals surface area contributed by atoms with Crippen molar-refractivity contribution in [2.24, 2.45) is 0 Å². The predicted octanol–water partition coefficient (Wildman–Crippen LogP) is 4.69. The summed E-state index contributed by atoms with van der Waals surface area (Å²) in [5.74, 6) is 1.88. The number of ether oxygens (including phenoxy) is 4. The molecule has 1 atom stereocenters. The van der Waals surface area contributed by atoms with Gasteiger partial charge in [-0.15, -0.1) is 0 Å². The summed E-state index contributed by atoms with van der Waals surface area (Å²) in [7, 11) is 1.56. The number of rotatable bonds is 9. The van der Waals surface area contributed by atoms with Crippen LogP contribution in [0.4, 0.5) is 11.4 Å². The van der Waals surface area contributed by atoms with Crippen molar-refractivity contribution in [2.75, 3.05) is 31.0 Å². The first-order valence-electron chi connectivity index (χ1n) is 11.4. The van der Waals surface area contributed by atoms with Crippen LogP contribution in [0.1, 0.15) is 29.8 Å². The third-order valence-corrected chi connectivity index (χ3v) is 5.39. The molecule has 0 radical (unpaired) electrons. The van der Waals surface area contributed by atoms with E-state index < -0.39 is 0 Å². The molecule has 0 aromatic heterocycles. The minimum Gasteiger partial charge on any atom is -0.497 e. The van der Waals surface area contributed by atoms with Crippen molar-refractivity contribution in [2.45, 2.75) is 26.4 Å². The van der Waals surface area contributed by atoms with E-state index in [0.29, 0.717) is 40.8 Å². The number of hydrogen-bond donors (Lipinski definition) is 2. The van der Waals surface area contributed by atoms with E-state index in [1.54, 1.807) is 61.7 Å². The molecule has 1 heterocycles. The highest BCUT2D eigenvalue weighted by atomic mass is 16.5. The van der Waals surface area contributed by atoms with E-state index in [2.05, 4.69) is 10.6 Å². The molecule has 1 aliphatic rings. The number of hydrogen-bond acceptors (Lipinski definition) is 6. The van der Waals surface area contributed by atoms with Crippen molar-refractivity contribution in [3.63, 3.8) is 0 Å². The topological polar surface area (TPSA) is 95.1 Å². The van der Waals surface area contributed by atoms with E-state index in [0.717, 1.165) is 17.7 Å². The van der Waals surface area contributed by atoms with Crippen LogP contribution in [-0.4, -0.2) is 38.2 Å². The van der Waals surface area contributed by atoms with Gasteiger partial charge in [0.1, 0.15) is 29.1 Å². The average Bonchev–Trinajstić information content (AvgIpc) is 3.22. The van der Waals surface area contributed by atoms with Crippen LogP contribution in [0.5, 0.6) is 23.0 Å². The molecule has 0 spiro atoms. The maximum absolute atomic E-state index is 12.8. The lowest BCUT2D eigenvalue weighted by Gasteiger charge is -2.14. The van der Waals surface area contributed by atoms with Gasteiger partial charge >= 0.3 is 0 Å². The molecule has 2 N–H and O–H groups in total. The zero-order valence-electron chi connectivity index (χ0n) is 19.9. The normalized spacial score (nSPS) is 13.9. The summed E-state index contributed by atoms with van der Waals surface area (Å²) < 4.78 is 22.2. The Bertz CT molecular complexity index is 1210. The highest BCUT2D eigenvalue weighted by Crippen LogP contribution is 2.38. The van der Waals surface area contributed by atoms with Crippen LogP contribution >= 0.6 is 0 Å². The summed E-state index contributed by atoms with van der Waals surface area (Å²) in [5, 5.41) is 5.65. The zero-order chi connectivity index (χ0) is 24.8. The second-order valence-electron chi connectivity index (χ2n) is 8.07. The number of fused-ring (bicyclic) bond motifs is 1. The minimum atomic E-state index is -0.309. The summed E-state index contributed by atoms with van der Waals surface area (Å²) in [6, 6.07) is 17.3. The maximum Gasteiger partial charge on any atom is 0.262 e. The molecule has 0 bridgehead atoms. The Balaban J connectivity index is 1.35. The van der Waals surface area contributed by atoms with Gasteiger partial charge in [0, 0.05) is 35.4 Å². The summed E-state index contributed by atoms with van der Waals surface area (Å²) in [5.41, 5.74) is 2.67. The maximum atomic E-state index is 12.8. The van der Waals surface area contributed by atoms with E-state index in [4.69, 9.17) is 18.9 Å². The summed E-state index contributed by atoms with van der Waals surface area (Å²) in [6.45, 7) is 4.21. The molecule has 8 nitrogen and oxygen atoms in total. The van der Waals surface area contributed by atoms with E-state index in [-0.39, 0.29) is 24.5 Å². The number of anilines is 2. The predicted molar refractivity (Wildman–Crippen MR) is 133 cm³/mol. The van der Waals surface area contributed by atoms with Crippen molar-refractivity contribution in [3.8, 4) is 23.0 Å². The largest absolute Gasteiger partial charge is 0.497 e. The minimum absolute atomic E-state index is 0.0931. The van der Waals surface area contributed by atoms with Crippen molar-refractivity contribution < 1.29 is 28.5 Å². The SMILES string of the molecule is CCOc1cc2c(cc1NC(=O)c1ccc(OCC(=O)Nc3cccc(OC)c3)cc1)O[C@H](C)C2. The third-order valence-electron chi connectivity index (χ3n) is 5.39. The first kappa shape index (κ1) is 23.9. The van der Waals surface area contributed by atoms with Crippen LogP contribution in [0.3, 0.4) is 0 Å². The highest BCUT2D eigenvalue weighted by molar-refractivity contribution is 6.05. The Kier molecular flexibility index (Phi) is 7.40. The molecule has 0 aliphatic carbocycles. The van der Waals surface area contributed by atoms with Gasteiger partial charge in [-0.3, -0.25) is 9.59 Å².